The molecule has 3 rings (SSSR count). The highest BCUT2D eigenvalue weighted by Crippen LogP contribution is 2.21. The number of aryl methyl sites for hydroxylation is 1. The van der Waals surface area contributed by atoms with E-state index in [1.165, 1.54) is 4.90 Å². The minimum atomic E-state index is -0.693. The summed E-state index contributed by atoms with van der Waals surface area (Å²) in [5.74, 6) is 0.190. The van der Waals surface area contributed by atoms with E-state index >= 15 is 0 Å². The highest BCUT2D eigenvalue weighted by molar-refractivity contribution is 6.05. The molecule has 0 radical (unpaired) electrons. The van der Waals surface area contributed by atoms with Gasteiger partial charge in [0.1, 0.15) is 5.75 Å². The van der Waals surface area contributed by atoms with E-state index in [4.69, 9.17) is 4.74 Å². The van der Waals surface area contributed by atoms with Gasteiger partial charge in [0.15, 0.2) is 6.10 Å². The average Bonchev–Trinajstić information content (AvgIpc) is 2.80. The molecule has 0 aliphatic heterocycles. The van der Waals surface area contributed by atoms with Crippen molar-refractivity contribution in [3.63, 3.8) is 0 Å². The van der Waals surface area contributed by atoms with E-state index in [-0.39, 0.29) is 11.8 Å². The second-order valence-corrected chi connectivity index (χ2v) is 7.48. The van der Waals surface area contributed by atoms with E-state index in [9.17, 15) is 9.59 Å². The van der Waals surface area contributed by atoms with Gasteiger partial charge in [0.2, 0.25) is 0 Å². The SMILES string of the molecule is Cc1ccc(OC(C)C(=O)N(C)c2ccccc2C(=O)NCCc2ccccc2)cc1. The van der Waals surface area contributed by atoms with Crippen molar-refractivity contribution in [2.24, 2.45) is 0 Å². The zero-order chi connectivity index (χ0) is 22.2. The van der Waals surface area contributed by atoms with Crippen molar-refractivity contribution in [1.29, 1.82) is 0 Å². The van der Waals surface area contributed by atoms with Crippen molar-refractivity contribution < 1.29 is 14.3 Å². The predicted molar refractivity (Wildman–Crippen MR) is 124 cm³/mol. The number of para-hydroxylation sites is 1. The summed E-state index contributed by atoms with van der Waals surface area (Å²) in [6, 6.07) is 24.6. The molecule has 3 aromatic rings. The van der Waals surface area contributed by atoms with Gasteiger partial charge < -0.3 is 15.0 Å². The molecule has 2 amide bonds. The van der Waals surface area contributed by atoms with E-state index in [2.05, 4.69) is 5.32 Å². The van der Waals surface area contributed by atoms with Crippen LogP contribution in [0.25, 0.3) is 0 Å². The number of carbonyl (C=O) groups is 2. The molecule has 0 saturated heterocycles. The van der Waals surface area contributed by atoms with Crippen LogP contribution in [0.5, 0.6) is 5.75 Å². The molecule has 5 heteroatoms. The van der Waals surface area contributed by atoms with E-state index in [0.717, 1.165) is 17.5 Å². The van der Waals surface area contributed by atoms with Crippen molar-refractivity contribution in [1.82, 2.24) is 5.32 Å². The van der Waals surface area contributed by atoms with Crippen LogP contribution in [0.4, 0.5) is 5.69 Å². The third-order valence-corrected chi connectivity index (χ3v) is 5.06. The molecule has 0 heterocycles. The second-order valence-electron chi connectivity index (χ2n) is 7.48. The minimum absolute atomic E-state index is 0.210. The number of hydrogen-bond acceptors (Lipinski definition) is 3. The summed E-state index contributed by atoms with van der Waals surface area (Å²) < 4.78 is 5.80. The Bertz CT molecular complexity index is 1020. The molecule has 0 fully saturated rings. The molecule has 1 atom stereocenters. The van der Waals surface area contributed by atoms with Crippen LogP contribution < -0.4 is 15.0 Å². The molecular formula is C26H28N2O3. The van der Waals surface area contributed by atoms with Gasteiger partial charge in [-0.2, -0.15) is 0 Å². The topological polar surface area (TPSA) is 58.6 Å². The Hall–Kier alpha value is -3.60. The first kappa shape index (κ1) is 22.1. The van der Waals surface area contributed by atoms with Gasteiger partial charge in [-0.3, -0.25) is 9.59 Å². The maximum absolute atomic E-state index is 13.0. The Labute approximate surface area is 183 Å². The third kappa shape index (κ3) is 5.95. The lowest BCUT2D eigenvalue weighted by molar-refractivity contribution is -0.124. The standard InChI is InChI=1S/C26H28N2O3/c1-19-13-15-22(16-14-19)31-20(2)26(30)28(3)24-12-8-7-11-23(24)25(29)27-18-17-21-9-5-4-6-10-21/h4-16,20H,17-18H2,1-3H3,(H,27,29). The predicted octanol–water partition coefficient (Wildman–Crippen LogP) is 4.40. The molecule has 0 aliphatic rings. The summed E-state index contributed by atoms with van der Waals surface area (Å²) in [6.07, 6.45) is 0.0483. The molecule has 3 aromatic carbocycles. The zero-order valence-corrected chi connectivity index (χ0v) is 18.2. The van der Waals surface area contributed by atoms with Gasteiger partial charge in [0.05, 0.1) is 11.3 Å². The lowest BCUT2D eigenvalue weighted by atomic mass is 10.1. The third-order valence-electron chi connectivity index (χ3n) is 5.06. The number of ether oxygens (including phenoxy) is 1. The molecular weight excluding hydrogens is 388 g/mol. The van der Waals surface area contributed by atoms with Crippen molar-refractivity contribution in [2.45, 2.75) is 26.4 Å². The maximum atomic E-state index is 13.0. The van der Waals surface area contributed by atoms with Crippen molar-refractivity contribution in [3.05, 3.63) is 95.6 Å². The second kappa shape index (κ2) is 10.4. The van der Waals surface area contributed by atoms with Gasteiger partial charge in [-0.1, -0.05) is 60.2 Å². The number of amides is 2. The Morgan fingerprint density at radius 3 is 2.29 bits per heavy atom. The molecule has 1 N–H and O–H groups in total. The normalized spacial score (nSPS) is 11.5. The van der Waals surface area contributed by atoms with Crippen molar-refractivity contribution in [2.75, 3.05) is 18.5 Å². The first-order valence-electron chi connectivity index (χ1n) is 10.4. The van der Waals surface area contributed by atoms with Gasteiger partial charge >= 0.3 is 0 Å². The molecule has 0 aliphatic carbocycles. The lowest BCUT2D eigenvalue weighted by Gasteiger charge is -2.24. The summed E-state index contributed by atoms with van der Waals surface area (Å²) >= 11 is 0. The van der Waals surface area contributed by atoms with Gasteiger partial charge in [-0.25, -0.2) is 0 Å². The number of carbonyl (C=O) groups excluding carboxylic acids is 2. The number of rotatable bonds is 8. The van der Waals surface area contributed by atoms with E-state index in [1.807, 2.05) is 67.6 Å². The van der Waals surface area contributed by atoms with E-state index in [0.29, 0.717) is 23.5 Å². The van der Waals surface area contributed by atoms with E-state index < -0.39 is 6.10 Å². The fraction of sp³-hybridized carbons (Fsp3) is 0.231. The highest BCUT2D eigenvalue weighted by atomic mass is 16.5. The number of likely N-dealkylation sites (N-methyl/N-ethyl adjacent to an activating group) is 1. The van der Waals surface area contributed by atoms with Gasteiger partial charge in [-0.15, -0.1) is 0 Å². The molecule has 160 valence electrons. The van der Waals surface area contributed by atoms with Gasteiger partial charge in [-0.05, 0) is 50.1 Å². The van der Waals surface area contributed by atoms with Crippen LogP contribution in [-0.4, -0.2) is 31.5 Å². The maximum Gasteiger partial charge on any atom is 0.267 e. The van der Waals surface area contributed by atoms with Crippen LogP contribution in [0.1, 0.15) is 28.4 Å². The van der Waals surface area contributed by atoms with Crippen LogP contribution in [0.3, 0.4) is 0 Å². The quantitative estimate of drug-likeness (QED) is 0.592. The first-order chi connectivity index (χ1) is 15.0. The zero-order valence-electron chi connectivity index (χ0n) is 18.2. The van der Waals surface area contributed by atoms with Crippen LogP contribution >= 0.6 is 0 Å². The molecule has 1 unspecified atom stereocenters. The number of nitrogens with one attached hydrogen (secondary N) is 1. The Balaban J connectivity index is 1.65. The molecule has 0 spiro atoms. The Kier molecular flexibility index (Phi) is 7.44. The summed E-state index contributed by atoms with van der Waals surface area (Å²) in [4.78, 5) is 27.2. The largest absolute Gasteiger partial charge is 0.481 e. The smallest absolute Gasteiger partial charge is 0.267 e. The monoisotopic (exact) mass is 416 g/mol. The number of nitrogens with zero attached hydrogens (tertiary/aromatic N) is 1. The fourth-order valence-corrected chi connectivity index (χ4v) is 3.28. The van der Waals surface area contributed by atoms with Crippen molar-refractivity contribution >= 4 is 17.5 Å². The average molecular weight is 417 g/mol. The van der Waals surface area contributed by atoms with Gasteiger partial charge in [0, 0.05) is 13.6 Å². The molecule has 31 heavy (non-hydrogen) atoms. The fourth-order valence-electron chi connectivity index (χ4n) is 3.28. The van der Waals surface area contributed by atoms with Crippen LogP contribution in [-0.2, 0) is 11.2 Å². The van der Waals surface area contributed by atoms with Crippen LogP contribution in [0.2, 0.25) is 0 Å². The van der Waals surface area contributed by atoms with Crippen LogP contribution in [0.15, 0.2) is 78.9 Å². The number of benzene rings is 3. The highest BCUT2D eigenvalue weighted by Gasteiger charge is 2.23. The summed E-state index contributed by atoms with van der Waals surface area (Å²) in [5, 5.41) is 2.95. The summed E-state index contributed by atoms with van der Waals surface area (Å²) in [5.41, 5.74) is 3.28. The van der Waals surface area contributed by atoms with E-state index in [1.54, 1.807) is 32.2 Å². The minimum Gasteiger partial charge on any atom is -0.481 e. The number of anilines is 1. The number of hydrogen-bond donors (Lipinski definition) is 1. The Morgan fingerprint density at radius 1 is 0.935 bits per heavy atom. The van der Waals surface area contributed by atoms with Gasteiger partial charge in [0.25, 0.3) is 11.8 Å². The lowest BCUT2D eigenvalue weighted by Crippen LogP contribution is -2.39. The van der Waals surface area contributed by atoms with Crippen LogP contribution in [0, 0.1) is 6.92 Å². The molecule has 0 bridgehead atoms. The molecule has 0 aromatic heterocycles. The molecule has 5 nitrogen and oxygen atoms in total. The Morgan fingerprint density at radius 2 is 1.58 bits per heavy atom. The molecule has 0 saturated carbocycles. The van der Waals surface area contributed by atoms with Crippen molar-refractivity contribution in [3.8, 4) is 5.75 Å². The summed E-state index contributed by atoms with van der Waals surface area (Å²) in [7, 11) is 1.66. The summed E-state index contributed by atoms with van der Waals surface area (Å²) in [6.45, 7) is 4.22. The first-order valence-corrected chi connectivity index (χ1v) is 10.4.